The van der Waals surface area contributed by atoms with Crippen molar-refractivity contribution in [3.8, 4) is 0 Å². The van der Waals surface area contributed by atoms with Crippen molar-refractivity contribution in [2.24, 2.45) is 5.16 Å². The molecule has 0 saturated heterocycles. The van der Waals surface area contributed by atoms with Crippen molar-refractivity contribution in [2.45, 2.75) is 58.1 Å². The summed E-state index contributed by atoms with van der Waals surface area (Å²) >= 11 is 12.1. The maximum absolute atomic E-state index is 12.7. The Balaban J connectivity index is 1.68. The topological polar surface area (TPSA) is 89.6 Å². The molecule has 1 amide bonds. The second kappa shape index (κ2) is 7.37. The number of carbonyl (C=O) groups is 1. The summed E-state index contributed by atoms with van der Waals surface area (Å²) in [6, 6.07) is 5.09. The predicted molar refractivity (Wildman–Crippen MR) is 107 cm³/mol. The van der Waals surface area contributed by atoms with Gasteiger partial charge in [0.25, 0.3) is 5.91 Å². The highest BCUT2D eigenvalue weighted by Gasteiger charge is 2.36. The van der Waals surface area contributed by atoms with Gasteiger partial charge in [-0.1, -0.05) is 60.4 Å². The van der Waals surface area contributed by atoms with Crippen molar-refractivity contribution in [3.05, 3.63) is 45.5 Å². The van der Waals surface area contributed by atoms with Crippen LogP contribution in [0.3, 0.4) is 0 Å². The SMILES string of the molecule is CC(C)(C)c1nc(C(C)(C)NC(=O)C2CC(c3ccc(Cl)cc3Cl)=NO2)no1. The van der Waals surface area contributed by atoms with Crippen LogP contribution in [-0.2, 0) is 20.6 Å². The monoisotopic (exact) mass is 424 g/mol. The van der Waals surface area contributed by atoms with E-state index in [2.05, 4.69) is 20.6 Å². The average Bonchev–Trinajstić information content (AvgIpc) is 3.24. The zero-order chi connectivity index (χ0) is 20.7. The van der Waals surface area contributed by atoms with E-state index < -0.39 is 11.6 Å². The summed E-state index contributed by atoms with van der Waals surface area (Å²) in [5, 5.41) is 11.9. The van der Waals surface area contributed by atoms with Crippen LogP contribution in [0.5, 0.6) is 0 Å². The number of benzene rings is 1. The van der Waals surface area contributed by atoms with Gasteiger partial charge in [0.05, 0.1) is 16.3 Å². The molecule has 1 aromatic carbocycles. The molecule has 0 aliphatic carbocycles. The van der Waals surface area contributed by atoms with Gasteiger partial charge in [0.2, 0.25) is 12.0 Å². The summed E-state index contributed by atoms with van der Waals surface area (Å²) in [7, 11) is 0. The first-order valence-corrected chi connectivity index (χ1v) is 9.58. The third kappa shape index (κ3) is 4.31. The van der Waals surface area contributed by atoms with Gasteiger partial charge in [0.15, 0.2) is 5.82 Å². The molecule has 3 rings (SSSR count). The summed E-state index contributed by atoms with van der Waals surface area (Å²) in [6.45, 7) is 9.53. The lowest BCUT2D eigenvalue weighted by Crippen LogP contribution is -2.46. The van der Waals surface area contributed by atoms with E-state index in [0.29, 0.717) is 39.5 Å². The molecule has 2 heterocycles. The molecule has 0 fully saturated rings. The fourth-order valence-electron chi connectivity index (χ4n) is 2.63. The average molecular weight is 425 g/mol. The van der Waals surface area contributed by atoms with Crippen LogP contribution < -0.4 is 5.32 Å². The van der Waals surface area contributed by atoms with Crippen molar-refractivity contribution >= 4 is 34.8 Å². The number of rotatable bonds is 4. The molecule has 1 aliphatic heterocycles. The van der Waals surface area contributed by atoms with E-state index in [0.717, 1.165) is 0 Å². The third-order valence-corrected chi connectivity index (χ3v) is 4.81. The van der Waals surface area contributed by atoms with Gasteiger partial charge >= 0.3 is 0 Å². The number of carbonyl (C=O) groups excluding carboxylic acids is 1. The van der Waals surface area contributed by atoms with Crippen LogP contribution in [0.2, 0.25) is 10.0 Å². The minimum absolute atomic E-state index is 0.277. The van der Waals surface area contributed by atoms with Crippen LogP contribution in [0, 0.1) is 0 Å². The number of amides is 1. The summed E-state index contributed by atoms with van der Waals surface area (Å²) in [5.74, 6) is 0.576. The quantitative estimate of drug-likeness (QED) is 0.793. The lowest BCUT2D eigenvalue weighted by molar-refractivity contribution is -0.133. The van der Waals surface area contributed by atoms with Crippen molar-refractivity contribution in [1.82, 2.24) is 15.5 Å². The van der Waals surface area contributed by atoms with E-state index >= 15 is 0 Å². The highest BCUT2D eigenvalue weighted by molar-refractivity contribution is 6.37. The van der Waals surface area contributed by atoms with Crippen LogP contribution in [0.15, 0.2) is 27.9 Å². The second-order valence-corrected chi connectivity index (χ2v) is 9.09. The maximum Gasteiger partial charge on any atom is 0.265 e. The largest absolute Gasteiger partial charge is 0.382 e. The first-order chi connectivity index (χ1) is 13.0. The number of hydrogen-bond acceptors (Lipinski definition) is 6. The Morgan fingerprint density at radius 2 is 1.93 bits per heavy atom. The normalized spacial score (nSPS) is 17.2. The third-order valence-electron chi connectivity index (χ3n) is 4.27. The van der Waals surface area contributed by atoms with Gasteiger partial charge in [-0.3, -0.25) is 4.79 Å². The molecular formula is C19H22Cl2N4O3. The summed E-state index contributed by atoms with van der Waals surface area (Å²) in [4.78, 5) is 22.5. The Morgan fingerprint density at radius 1 is 1.21 bits per heavy atom. The van der Waals surface area contributed by atoms with Crippen molar-refractivity contribution in [1.29, 1.82) is 0 Å². The summed E-state index contributed by atoms with van der Waals surface area (Å²) in [5.41, 5.74) is 0.164. The molecule has 1 N–H and O–H groups in total. The molecule has 0 bridgehead atoms. The van der Waals surface area contributed by atoms with E-state index in [-0.39, 0.29) is 11.3 Å². The van der Waals surface area contributed by atoms with Gasteiger partial charge in [-0.25, -0.2) is 0 Å². The number of halogens is 2. The van der Waals surface area contributed by atoms with Crippen molar-refractivity contribution < 1.29 is 14.2 Å². The molecule has 1 atom stereocenters. The standard InChI is InChI=1S/C19H22Cl2N4O3/c1-18(2,3)17-22-16(25-28-17)19(4,5)23-15(26)14-9-13(24-27-14)11-7-6-10(20)8-12(11)21/h6-8,14H,9H2,1-5H3,(H,23,26). The molecule has 150 valence electrons. The highest BCUT2D eigenvalue weighted by Crippen LogP contribution is 2.27. The Labute approximate surface area is 173 Å². The lowest BCUT2D eigenvalue weighted by Gasteiger charge is -2.23. The molecule has 1 aliphatic rings. The fourth-order valence-corrected chi connectivity index (χ4v) is 3.14. The number of oxime groups is 1. The fraction of sp³-hybridized carbons (Fsp3) is 0.474. The molecular weight excluding hydrogens is 403 g/mol. The number of aromatic nitrogens is 2. The van der Waals surface area contributed by atoms with E-state index in [1.165, 1.54) is 0 Å². The van der Waals surface area contributed by atoms with Gasteiger partial charge < -0.3 is 14.7 Å². The zero-order valence-electron chi connectivity index (χ0n) is 16.3. The summed E-state index contributed by atoms with van der Waals surface area (Å²) < 4.78 is 5.33. The molecule has 1 unspecified atom stereocenters. The molecule has 0 saturated carbocycles. The minimum atomic E-state index is -0.839. The molecule has 28 heavy (non-hydrogen) atoms. The van der Waals surface area contributed by atoms with Gasteiger partial charge in [-0.05, 0) is 26.0 Å². The van der Waals surface area contributed by atoms with Gasteiger partial charge in [0.1, 0.15) is 0 Å². The zero-order valence-corrected chi connectivity index (χ0v) is 17.9. The molecule has 1 aromatic heterocycles. The van der Waals surface area contributed by atoms with Crippen LogP contribution in [0.25, 0.3) is 0 Å². The minimum Gasteiger partial charge on any atom is -0.382 e. The van der Waals surface area contributed by atoms with Crippen LogP contribution in [-0.4, -0.2) is 27.9 Å². The Hall–Kier alpha value is -2.12. The maximum atomic E-state index is 12.7. The van der Waals surface area contributed by atoms with Crippen LogP contribution in [0.4, 0.5) is 0 Å². The van der Waals surface area contributed by atoms with Crippen LogP contribution >= 0.6 is 23.2 Å². The first-order valence-electron chi connectivity index (χ1n) is 8.82. The molecule has 0 radical (unpaired) electrons. The molecule has 7 nitrogen and oxygen atoms in total. The Morgan fingerprint density at radius 3 is 2.54 bits per heavy atom. The second-order valence-electron chi connectivity index (χ2n) is 8.25. The van der Waals surface area contributed by atoms with Gasteiger partial charge in [-0.2, -0.15) is 4.98 Å². The van der Waals surface area contributed by atoms with E-state index in [1.807, 2.05) is 20.8 Å². The Bertz CT molecular complexity index is 932. The molecule has 0 spiro atoms. The highest BCUT2D eigenvalue weighted by atomic mass is 35.5. The molecule has 2 aromatic rings. The van der Waals surface area contributed by atoms with Crippen molar-refractivity contribution in [3.63, 3.8) is 0 Å². The first kappa shape index (κ1) is 20.6. The smallest absolute Gasteiger partial charge is 0.265 e. The summed E-state index contributed by atoms with van der Waals surface area (Å²) in [6.07, 6.45) is -0.474. The van der Waals surface area contributed by atoms with Crippen molar-refractivity contribution in [2.75, 3.05) is 0 Å². The van der Waals surface area contributed by atoms with E-state index in [9.17, 15) is 4.79 Å². The van der Waals surface area contributed by atoms with Crippen LogP contribution in [0.1, 0.15) is 58.3 Å². The van der Waals surface area contributed by atoms with E-state index in [1.54, 1.807) is 32.0 Å². The van der Waals surface area contributed by atoms with Gasteiger partial charge in [-0.15, -0.1) is 0 Å². The number of nitrogens with zero attached hydrogens (tertiary/aromatic N) is 3. The molecule has 9 heteroatoms. The lowest BCUT2D eigenvalue weighted by atomic mass is 9.96. The predicted octanol–water partition coefficient (Wildman–Crippen LogP) is 4.22. The van der Waals surface area contributed by atoms with Gasteiger partial charge in [0, 0.05) is 22.4 Å². The number of hydrogen-bond donors (Lipinski definition) is 1. The Kier molecular flexibility index (Phi) is 5.42. The van der Waals surface area contributed by atoms with E-state index in [4.69, 9.17) is 32.6 Å². The number of nitrogens with one attached hydrogen (secondary N) is 1.